The predicted molar refractivity (Wildman–Crippen MR) is 428 cm³/mol. The zero-order chi connectivity index (χ0) is 65.5. The van der Waals surface area contributed by atoms with Gasteiger partial charge in [-0.05, 0) is 204 Å². The summed E-state index contributed by atoms with van der Waals surface area (Å²) in [7, 11) is 0. The van der Waals surface area contributed by atoms with Crippen LogP contribution in [0.4, 0.5) is 34.1 Å². The van der Waals surface area contributed by atoms with Crippen LogP contribution in [-0.4, -0.2) is 0 Å². The van der Waals surface area contributed by atoms with Gasteiger partial charge in [0.2, 0.25) is 0 Å². The lowest BCUT2D eigenvalue weighted by Gasteiger charge is -2.27. The fourth-order valence-corrected chi connectivity index (χ4v) is 18.3. The van der Waals surface area contributed by atoms with Gasteiger partial charge in [0.15, 0.2) is 0 Å². The van der Waals surface area contributed by atoms with Gasteiger partial charge in [-0.3, -0.25) is 0 Å². The maximum absolute atomic E-state index is 7.13. The van der Waals surface area contributed by atoms with Crippen molar-refractivity contribution < 1.29 is 8.83 Å². The highest BCUT2D eigenvalue weighted by atomic mass is 32.1. The van der Waals surface area contributed by atoms with Crippen molar-refractivity contribution in [2.24, 2.45) is 0 Å². The summed E-state index contributed by atoms with van der Waals surface area (Å²) in [6.07, 6.45) is 0. The van der Waals surface area contributed by atoms with E-state index in [0.29, 0.717) is 0 Å². The first kappa shape index (κ1) is 56.6. The van der Waals surface area contributed by atoms with Gasteiger partial charge >= 0.3 is 0 Å². The van der Waals surface area contributed by atoms with Crippen molar-refractivity contribution in [3.05, 3.63) is 340 Å². The summed E-state index contributed by atoms with van der Waals surface area (Å²) in [4.78, 5) is 4.85. The van der Waals surface area contributed by atoms with Crippen LogP contribution in [0.15, 0.2) is 349 Å². The standard InChI is InChI=1S/C94H56N2O2S2/c1-2-20-65(21-3-1)95(81-28-15-33-87-91(81)74-25-10-12-31-85(74)99-87)66-48-39-61(40-49-66)79-55-64(56-84-90(79)77-52-42-58-18-5-9-24-72(58)94(77)98-84)62-43-50-73-78(54-63-19-6-7-22-69(63)80(73)53-62)60-37-46-68(47-38-60)96(82-29-16-34-88-92(82)75-26-11-13-32-86(75)100-88)67-44-35-59(36-45-67)70-27-14-30-83-89(70)76-51-41-57-17-4-8-23-71(57)93(76)97-83/h1-56H. The molecule has 0 aliphatic heterocycles. The smallest absolute Gasteiger partial charge is 0.143 e. The van der Waals surface area contributed by atoms with E-state index in [4.69, 9.17) is 8.83 Å². The van der Waals surface area contributed by atoms with Crippen LogP contribution < -0.4 is 9.80 Å². The first-order chi connectivity index (χ1) is 49.6. The summed E-state index contributed by atoms with van der Waals surface area (Å²) in [5.41, 5.74) is 19.2. The molecule has 17 aromatic carbocycles. The first-order valence-electron chi connectivity index (χ1n) is 34.0. The molecule has 100 heavy (non-hydrogen) atoms. The van der Waals surface area contributed by atoms with Gasteiger partial charge in [0.05, 0.1) is 11.4 Å². The van der Waals surface area contributed by atoms with Gasteiger partial charge in [-0.15, -0.1) is 22.7 Å². The molecule has 0 aliphatic rings. The molecular formula is C94H56N2O2S2. The van der Waals surface area contributed by atoms with Crippen molar-refractivity contribution in [3.63, 3.8) is 0 Å². The lowest BCUT2D eigenvalue weighted by molar-refractivity contribution is 0.672. The second kappa shape index (κ2) is 22.5. The third-order valence-corrected chi connectivity index (χ3v) is 22.9. The van der Waals surface area contributed by atoms with Crippen LogP contribution >= 0.6 is 22.7 Å². The second-order valence-corrected chi connectivity index (χ2v) is 28.3. The molecule has 6 heteroatoms. The minimum atomic E-state index is 0.853. The predicted octanol–water partition coefficient (Wildman–Crippen LogP) is 28.4. The van der Waals surface area contributed by atoms with Crippen molar-refractivity contribution >= 4 is 184 Å². The fraction of sp³-hybridized carbons (Fsp3) is 0. The van der Waals surface area contributed by atoms with E-state index in [1.54, 1.807) is 0 Å². The molecule has 0 atom stereocenters. The quantitative estimate of drug-likeness (QED) is 0.128. The topological polar surface area (TPSA) is 32.8 Å². The van der Waals surface area contributed by atoms with Gasteiger partial charge in [-0.2, -0.15) is 0 Å². The zero-order valence-corrected chi connectivity index (χ0v) is 55.5. The minimum Gasteiger partial charge on any atom is -0.455 e. The van der Waals surface area contributed by atoms with Crippen LogP contribution in [0, 0.1) is 0 Å². The molecule has 0 aliphatic carbocycles. The number of hydrogen-bond acceptors (Lipinski definition) is 6. The largest absolute Gasteiger partial charge is 0.455 e. The van der Waals surface area contributed by atoms with Crippen LogP contribution in [0.3, 0.4) is 0 Å². The molecule has 0 saturated carbocycles. The first-order valence-corrected chi connectivity index (χ1v) is 35.6. The van der Waals surface area contributed by atoms with Crippen molar-refractivity contribution in [2.75, 3.05) is 9.80 Å². The molecule has 4 aromatic heterocycles. The highest BCUT2D eigenvalue weighted by molar-refractivity contribution is 7.26. The Morgan fingerprint density at radius 1 is 0.210 bits per heavy atom. The van der Waals surface area contributed by atoms with E-state index in [2.05, 4.69) is 350 Å². The third kappa shape index (κ3) is 8.91. The molecule has 0 saturated heterocycles. The maximum Gasteiger partial charge on any atom is 0.143 e. The molecular weight excluding hydrogens is 1250 g/mol. The van der Waals surface area contributed by atoms with E-state index in [9.17, 15) is 0 Å². The number of anilines is 6. The van der Waals surface area contributed by atoms with Crippen LogP contribution in [0.25, 0.3) is 172 Å². The highest BCUT2D eigenvalue weighted by Gasteiger charge is 2.25. The fourth-order valence-electron chi connectivity index (χ4n) is 16.0. The minimum absolute atomic E-state index is 0.853. The van der Waals surface area contributed by atoms with Crippen LogP contribution in [0.2, 0.25) is 0 Å². The Morgan fingerprint density at radius 2 is 0.650 bits per heavy atom. The number of fused-ring (bicyclic) bond motifs is 19. The molecule has 4 heterocycles. The molecule has 0 N–H and O–H groups in total. The van der Waals surface area contributed by atoms with Crippen molar-refractivity contribution in [2.45, 2.75) is 0 Å². The molecule has 466 valence electrons. The average Bonchev–Trinajstić information content (AvgIpc) is 1.51. The normalized spacial score (nSPS) is 12.0. The SMILES string of the molecule is c1ccc(N(c2ccc(-c3cc(-c4ccc5c(-c6ccc(N(c7ccc(-c8cccc9oc%10c%11ccccc%11ccc%10c89)cc7)c7cccc8sc9ccccc9c78)cc6)cc6ccccc6c5c4)cc4oc5c6ccccc6ccc5c34)cc2)c2cccc3sc4ccccc4c23)cc1. The number of rotatable bonds is 10. The number of benzene rings is 17. The molecule has 0 amide bonds. The van der Waals surface area contributed by atoms with Crippen LogP contribution in [0.1, 0.15) is 0 Å². The molecule has 0 fully saturated rings. The molecule has 0 bridgehead atoms. The van der Waals surface area contributed by atoms with Gasteiger partial charge in [0.1, 0.15) is 22.3 Å². The van der Waals surface area contributed by atoms with Gasteiger partial charge in [-0.1, -0.05) is 212 Å². The molecule has 0 unspecified atom stereocenters. The van der Waals surface area contributed by atoms with Crippen LogP contribution in [-0.2, 0) is 0 Å². The third-order valence-electron chi connectivity index (χ3n) is 20.6. The van der Waals surface area contributed by atoms with Crippen molar-refractivity contribution in [3.8, 4) is 44.5 Å². The number of nitrogens with zero attached hydrogens (tertiary/aromatic N) is 2. The summed E-state index contributed by atoms with van der Waals surface area (Å²) < 4.78 is 18.9. The molecule has 0 radical (unpaired) electrons. The summed E-state index contributed by atoms with van der Waals surface area (Å²) in [6.45, 7) is 0. The number of furan rings is 2. The molecule has 0 spiro atoms. The Labute approximate surface area is 582 Å². The molecule has 21 aromatic rings. The second-order valence-electron chi connectivity index (χ2n) is 26.2. The summed E-state index contributed by atoms with van der Waals surface area (Å²) >= 11 is 3.70. The number of para-hydroxylation sites is 1. The lowest BCUT2D eigenvalue weighted by Crippen LogP contribution is -2.10. The van der Waals surface area contributed by atoms with Gasteiger partial charge in [0.25, 0.3) is 0 Å². The number of hydrogen-bond donors (Lipinski definition) is 0. The summed E-state index contributed by atoms with van der Waals surface area (Å²) in [5.74, 6) is 0. The molecule has 4 nitrogen and oxygen atoms in total. The Balaban J connectivity index is 0.687. The van der Waals surface area contributed by atoms with Gasteiger partial charge in [0, 0.05) is 95.4 Å². The zero-order valence-electron chi connectivity index (χ0n) is 53.9. The Bertz CT molecular complexity index is 6900. The monoisotopic (exact) mass is 1310 g/mol. The van der Waals surface area contributed by atoms with Crippen molar-refractivity contribution in [1.29, 1.82) is 0 Å². The van der Waals surface area contributed by atoms with E-state index in [0.717, 1.165) is 133 Å². The summed E-state index contributed by atoms with van der Waals surface area (Å²) in [6, 6.07) is 125. The van der Waals surface area contributed by atoms with E-state index in [-0.39, 0.29) is 0 Å². The van der Waals surface area contributed by atoms with Gasteiger partial charge < -0.3 is 18.6 Å². The Kier molecular flexibility index (Phi) is 12.7. The number of thiophene rings is 2. The highest BCUT2D eigenvalue weighted by Crippen LogP contribution is 2.51. The lowest BCUT2D eigenvalue weighted by atomic mass is 9.89. The van der Waals surface area contributed by atoms with Crippen LogP contribution in [0.5, 0.6) is 0 Å². The van der Waals surface area contributed by atoms with E-state index < -0.39 is 0 Å². The molecule has 21 rings (SSSR count). The van der Waals surface area contributed by atoms with Crippen molar-refractivity contribution in [1.82, 2.24) is 0 Å². The van der Waals surface area contributed by atoms with Gasteiger partial charge in [-0.25, -0.2) is 0 Å². The van der Waals surface area contributed by atoms with E-state index in [1.165, 1.54) is 72.8 Å². The average molecular weight is 1310 g/mol. The Morgan fingerprint density at radius 3 is 1.24 bits per heavy atom. The Hall–Kier alpha value is -12.6. The summed E-state index contributed by atoms with van der Waals surface area (Å²) in [5, 5.41) is 18.8. The maximum atomic E-state index is 7.13. The van der Waals surface area contributed by atoms with E-state index >= 15 is 0 Å². The van der Waals surface area contributed by atoms with E-state index in [1.807, 2.05) is 22.7 Å².